The number of hydrogen-bond donors (Lipinski definition) is 3. The first-order valence-electron chi connectivity index (χ1n) is 11.2. The van der Waals surface area contributed by atoms with Crippen molar-refractivity contribution in [2.75, 3.05) is 75.8 Å². The summed E-state index contributed by atoms with van der Waals surface area (Å²) >= 11 is 0. The molecule has 0 aliphatic carbocycles. The first-order valence-corrected chi connectivity index (χ1v) is 11.2. The zero-order valence-electron chi connectivity index (χ0n) is 19.8. The number of rotatable bonds is 9. The molecule has 190 valence electrons. The molecule has 11 nitrogen and oxygen atoms in total. The number of nitrogens with two attached hydrogens (primary N) is 2. The Bertz CT molecular complexity index is 820. The third-order valence-electron chi connectivity index (χ3n) is 5.63. The molecular weight excluding hydrogens is 445 g/mol. The van der Waals surface area contributed by atoms with Crippen LogP contribution in [0.25, 0.3) is 0 Å². The van der Waals surface area contributed by atoms with Crippen LogP contribution in [0.3, 0.4) is 0 Å². The average Bonchev–Trinajstić information content (AvgIpc) is 3.19. The van der Waals surface area contributed by atoms with Crippen LogP contribution in [0.2, 0.25) is 0 Å². The molecule has 1 aromatic rings. The summed E-state index contributed by atoms with van der Waals surface area (Å²) in [7, 11) is 1.98. The van der Waals surface area contributed by atoms with E-state index in [-0.39, 0.29) is 19.7 Å². The second-order valence-corrected chi connectivity index (χ2v) is 8.04. The maximum atomic E-state index is 14.6. The molecular formula is C22H36FN7O4. The smallest absolute Gasteiger partial charge is 0.414 e. The van der Waals surface area contributed by atoms with Gasteiger partial charge < -0.3 is 35.3 Å². The van der Waals surface area contributed by atoms with Crippen molar-refractivity contribution in [2.45, 2.75) is 13.0 Å². The summed E-state index contributed by atoms with van der Waals surface area (Å²) in [4.78, 5) is 29.9. The van der Waals surface area contributed by atoms with Crippen molar-refractivity contribution in [2.24, 2.45) is 11.6 Å². The van der Waals surface area contributed by atoms with E-state index in [9.17, 15) is 14.0 Å². The molecule has 2 heterocycles. The van der Waals surface area contributed by atoms with Crippen LogP contribution in [0, 0.1) is 5.82 Å². The van der Waals surface area contributed by atoms with E-state index in [0.717, 1.165) is 19.5 Å². The number of anilines is 2. The fourth-order valence-corrected chi connectivity index (χ4v) is 3.55. The van der Waals surface area contributed by atoms with Crippen LogP contribution in [-0.2, 0) is 9.53 Å². The molecule has 1 atom stereocenters. The standard InChI is InChI=1S/C17H23FN6O3.C5H13NO/c18-15-9-13(1-2-16(15)22-7-5-21(12-25)6-8-22)24-11-14(27-17(24)26)10-23(20)4-3-19;1-3-6(2)4-5-7/h1-4,9,12,14H,5-8,10-11,19-20H2;7H,3-5H2,1-2H3/b4-3-;. The highest BCUT2D eigenvalue weighted by atomic mass is 19.1. The van der Waals surface area contributed by atoms with Gasteiger partial charge in [0, 0.05) is 45.1 Å². The van der Waals surface area contributed by atoms with Crippen LogP contribution in [0.4, 0.5) is 20.6 Å². The van der Waals surface area contributed by atoms with Gasteiger partial charge in [-0.2, -0.15) is 0 Å². The Hall–Kier alpha value is -3.09. The van der Waals surface area contributed by atoms with Gasteiger partial charge >= 0.3 is 6.09 Å². The summed E-state index contributed by atoms with van der Waals surface area (Å²) in [6, 6.07) is 4.66. The van der Waals surface area contributed by atoms with Crippen molar-refractivity contribution in [1.82, 2.24) is 14.8 Å². The highest BCUT2D eigenvalue weighted by molar-refractivity contribution is 5.90. The number of aliphatic hydroxyl groups excluding tert-OH is 1. The van der Waals surface area contributed by atoms with E-state index in [1.165, 1.54) is 28.4 Å². The number of cyclic esters (lactones) is 1. The van der Waals surface area contributed by atoms with Gasteiger partial charge in [-0.3, -0.25) is 9.69 Å². The van der Waals surface area contributed by atoms with E-state index in [1.54, 1.807) is 17.0 Å². The number of benzene rings is 1. The summed E-state index contributed by atoms with van der Waals surface area (Å²) in [6.07, 6.45) is 2.57. The van der Waals surface area contributed by atoms with Crippen molar-refractivity contribution >= 4 is 23.9 Å². The highest BCUT2D eigenvalue weighted by Crippen LogP contribution is 2.28. The van der Waals surface area contributed by atoms with Crippen molar-refractivity contribution in [3.63, 3.8) is 0 Å². The normalized spacial score (nSPS) is 18.2. The van der Waals surface area contributed by atoms with Gasteiger partial charge in [-0.1, -0.05) is 6.92 Å². The number of nitrogens with zero attached hydrogens (tertiary/aromatic N) is 5. The number of hydrogen-bond acceptors (Lipinski definition) is 9. The predicted molar refractivity (Wildman–Crippen MR) is 128 cm³/mol. The van der Waals surface area contributed by atoms with E-state index in [0.29, 0.717) is 37.6 Å². The topological polar surface area (TPSA) is 132 Å². The number of aliphatic hydroxyl groups is 1. The van der Waals surface area contributed by atoms with Gasteiger partial charge in [0.15, 0.2) is 0 Å². The molecule has 12 heteroatoms. The van der Waals surface area contributed by atoms with Crippen LogP contribution in [0.1, 0.15) is 6.92 Å². The van der Waals surface area contributed by atoms with Gasteiger partial charge in [0.2, 0.25) is 6.41 Å². The van der Waals surface area contributed by atoms with Crippen LogP contribution in [0.15, 0.2) is 30.6 Å². The van der Waals surface area contributed by atoms with Crippen LogP contribution in [-0.4, -0.2) is 105 Å². The predicted octanol–water partition coefficient (Wildman–Crippen LogP) is -0.0347. The number of likely N-dealkylation sites (N-methyl/N-ethyl adjacent to an activating group) is 1. The maximum Gasteiger partial charge on any atom is 0.414 e. The van der Waals surface area contributed by atoms with Crippen LogP contribution < -0.4 is 21.4 Å². The number of carbonyl (C=O) groups is 2. The number of hydrazine groups is 1. The first-order chi connectivity index (χ1) is 16.3. The monoisotopic (exact) mass is 481 g/mol. The Morgan fingerprint density at radius 3 is 2.53 bits per heavy atom. The van der Waals surface area contributed by atoms with Crippen molar-refractivity contribution in [3.05, 3.63) is 36.4 Å². The second-order valence-electron chi connectivity index (χ2n) is 8.04. The van der Waals surface area contributed by atoms with Crippen molar-refractivity contribution in [3.8, 4) is 0 Å². The Balaban J connectivity index is 0.000000509. The van der Waals surface area contributed by atoms with Crippen LogP contribution >= 0.6 is 0 Å². The fraction of sp³-hybridized carbons (Fsp3) is 0.545. The zero-order valence-corrected chi connectivity index (χ0v) is 19.8. The molecule has 2 saturated heterocycles. The lowest BCUT2D eigenvalue weighted by molar-refractivity contribution is -0.118. The molecule has 0 aromatic heterocycles. The quantitative estimate of drug-likeness (QED) is 0.253. The molecule has 2 fully saturated rings. The third kappa shape index (κ3) is 7.75. The molecule has 2 aliphatic rings. The molecule has 5 N–H and O–H groups in total. The number of piperazine rings is 1. The minimum atomic E-state index is -0.545. The highest BCUT2D eigenvalue weighted by Gasteiger charge is 2.33. The lowest BCUT2D eigenvalue weighted by Gasteiger charge is -2.34. The molecule has 3 rings (SSSR count). The molecule has 34 heavy (non-hydrogen) atoms. The Kier molecular flexibility index (Phi) is 10.8. The van der Waals surface area contributed by atoms with E-state index in [1.807, 2.05) is 11.9 Å². The van der Waals surface area contributed by atoms with Crippen molar-refractivity contribution < 1.29 is 23.8 Å². The minimum absolute atomic E-state index is 0.266. The van der Waals surface area contributed by atoms with Crippen LogP contribution in [0.5, 0.6) is 0 Å². The van der Waals surface area contributed by atoms with Gasteiger partial charge in [0.05, 0.1) is 31.1 Å². The number of amides is 2. The summed E-state index contributed by atoms with van der Waals surface area (Å²) in [5.74, 6) is 5.28. The summed E-state index contributed by atoms with van der Waals surface area (Å²) < 4.78 is 19.9. The molecule has 1 unspecified atom stereocenters. The van der Waals surface area contributed by atoms with Gasteiger partial charge in [0.25, 0.3) is 0 Å². The summed E-state index contributed by atoms with van der Waals surface area (Å²) in [6.45, 7) is 6.90. The van der Waals surface area contributed by atoms with Gasteiger partial charge in [-0.25, -0.2) is 15.0 Å². The molecule has 0 saturated carbocycles. The number of carbonyl (C=O) groups excluding carboxylic acids is 2. The third-order valence-corrected chi connectivity index (χ3v) is 5.63. The largest absolute Gasteiger partial charge is 0.442 e. The first kappa shape index (κ1) is 27.2. The lowest BCUT2D eigenvalue weighted by Crippen LogP contribution is -2.46. The number of ether oxygens (including phenoxy) is 1. The Labute approximate surface area is 199 Å². The van der Waals surface area contributed by atoms with Gasteiger partial charge in [-0.15, -0.1) is 0 Å². The van der Waals surface area contributed by atoms with E-state index in [4.69, 9.17) is 21.4 Å². The summed E-state index contributed by atoms with van der Waals surface area (Å²) in [5, 5.41) is 9.65. The van der Waals surface area contributed by atoms with E-state index >= 15 is 0 Å². The molecule has 0 bridgehead atoms. The van der Waals surface area contributed by atoms with Crippen molar-refractivity contribution in [1.29, 1.82) is 0 Å². The molecule has 0 radical (unpaired) electrons. The summed E-state index contributed by atoms with van der Waals surface area (Å²) in [5.41, 5.74) is 6.15. The minimum Gasteiger partial charge on any atom is -0.442 e. The maximum absolute atomic E-state index is 14.6. The molecule has 1 aromatic carbocycles. The Morgan fingerprint density at radius 2 is 2.00 bits per heavy atom. The van der Waals surface area contributed by atoms with Gasteiger partial charge in [0.1, 0.15) is 11.9 Å². The Morgan fingerprint density at radius 1 is 1.29 bits per heavy atom. The average molecular weight is 482 g/mol. The zero-order chi connectivity index (χ0) is 25.1. The molecule has 2 aliphatic heterocycles. The SMILES string of the molecule is CCN(C)CCO.N/C=C\N(N)CC1CN(c2ccc(N3CCN(C=O)CC3)c(F)c2)C(=O)O1. The molecule has 2 amide bonds. The second kappa shape index (κ2) is 13.6. The lowest BCUT2D eigenvalue weighted by atomic mass is 10.2. The van der Waals surface area contributed by atoms with Gasteiger partial charge in [-0.05, 0) is 31.8 Å². The number of halogens is 1. The molecule has 0 spiro atoms. The fourth-order valence-electron chi connectivity index (χ4n) is 3.55. The van der Waals surface area contributed by atoms with E-state index < -0.39 is 18.0 Å². The van der Waals surface area contributed by atoms with E-state index in [2.05, 4.69) is 11.8 Å².